The van der Waals surface area contributed by atoms with Gasteiger partial charge in [0.25, 0.3) is 0 Å². The van der Waals surface area contributed by atoms with E-state index in [1.54, 1.807) is 7.11 Å². The standard InChI is InChI=1S/C32H58O4/c1-4-5-7-10-27-13-15-28(16-14-27)11-8-6-9-12-29-17-19-30(20-18-29)21-22-31(24-35-3)25-36-32(34)26(2)23-33/h27-31,33H,2,4-25H2,1,3H3. The quantitative estimate of drug-likeness (QED) is 0.109. The average Bonchev–Trinajstić information content (AvgIpc) is 2.91. The monoisotopic (exact) mass is 506 g/mol. The van der Waals surface area contributed by atoms with E-state index in [2.05, 4.69) is 13.5 Å². The zero-order valence-electron chi connectivity index (χ0n) is 23.8. The van der Waals surface area contributed by atoms with Crippen molar-refractivity contribution in [1.82, 2.24) is 0 Å². The topological polar surface area (TPSA) is 55.8 Å². The Morgan fingerprint density at radius 1 is 0.778 bits per heavy atom. The van der Waals surface area contributed by atoms with E-state index in [9.17, 15) is 4.79 Å². The van der Waals surface area contributed by atoms with Crippen LogP contribution in [0.1, 0.15) is 129 Å². The summed E-state index contributed by atoms with van der Waals surface area (Å²) in [5.41, 5.74) is 0.116. The fraction of sp³-hybridized carbons (Fsp3) is 0.906. The zero-order valence-corrected chi connectivity index (χ0v) is 23.8. The highest BCUT2D eigenvalue weighted by Crippen LogP contribution is 2.36. The summed E-state index contributed by atoms with van der Waals surface area (Å²) in [6, 6.07) is 0. The summed E-state index contributed by atoms with van der Waals surface area (Å²) >= 11 is 0. The molecule has 0 radical (unpaired) electrons. The number of esters is 1. The highest BCUT2D eigenvalue weighted by Gasteiger charge is 2.23. The Kier molecular flexibility index (Phi) is 16.8. The second-order valence-electron chi connectivity index (χ2n) is 12.2. The van der Waals surface area contributed by atoms with Crippen molar-refractivity contribution in [3.05, 3.63) is 12.2 Å². The Morgan fingerprint density at radius 3 is 1.69 bits per heavy atom. The summed E-state index contributed by atoms with van der Waals surface area (Å²) in [6.45, 7) is 6.45. The Morgan fingerprint density at radius 2 is 1.25 bits per heavy atom. The molecule has 0 saturated heterocycles. The molecule has 1 N–H and O–H groups in total. The fourth-order valence-electron chi connectivity index (χ4n) is 6.63. The van der Waals surface area contributed by atoms with Gasteiger partial charge < -0.3 is 14.6 Å². The zero-order chi connectivity index (χ0) is 26.0. The lowest BCUT2D eigenvalue weighted by Gasteiger charge is -2.30. The number of aliphatic hydroxyl groups is 1. The molecule has 0 aromatic rings. The summed E-state index contributed by atoms with van der Waals surface area (Å²) in [6.07, 6.45) is 26.8. The van der Waals surface area contributed by atoms with Crippen molar-refractivity contribution in [3.63, 3.8) is 0 Å². The van der Waals surface area contributed by atoms with Crippen LogP contribution in [0.2, 0.25) is 0 Å². The number of ether oxygens (including phenoxy) is 2. The Hall–Kier alpha value is -0.870. The molecule has 4 heteroatoms. The largest absolute Gasteiger partial charge is 0.462 e. The maximum atomic E-state index is 11.8. The van der Waals surface area contributed by atoms with Crippen molar-refractivity contribution in [3.8, 4) is 0 Å². The van der Waals surface area contributed by atoms with Crippen molar-refractivity contribution in [2.75, 3.05) is 26.9 Å². The van der Waals surface area contributed by atoms with Gasteiger partial charge in [-0.25, -0.2) is 4.79 Å². The predicted molar refractivity (Wildman–Crippen MR) is 150 cm³/mol. The number of carbonyl (C=O) groups is 1. The van der Waals surface area contributed by atoms with Gasteiger partial charge in [-0.1, -0.05) is 123 Å². The molecule has 36 heavy (non-hydrogen) atoms. The summed E-state index contributed by atoms with van der Waals surface area (Å²) in [5, 5.41) is 9.01. The minimum atomic E-state index is -0.496. The maximum Gasteiger partial charge on any atom is 0.335 e. The molecule has 2 aliphatic carbocycles. The first-order chi connectivity index (χ1) is 17.5. The lowest BCUT2D eigenvalue weighted by molar-refractivity contribution is -0.141. The smallest absolute Gasteiger partial charge is 0.335 e. The second kappa shape index (κ2) is 19.2. The van der Waals surface area contributed by atoms with E-state index in [1.165, 1.54) is 116 Å². The number of aliphatic hydroxyl groups excluding tert-OH is 1. The van der Waals surface area contributed by atoms with Crippen molar-refractivity contribution < 1.29 is 19.4 Å². The number of methoxy groups -OCH3 is 1. The van der Waals surface area contributed by atoms with E-state index in [0.717, 1.165) is 30.1 Å². The van der Waals surface area contributed by atoms with Crippen LogP contribution in [0.3, 0.4) is 0 Å². The molecule has 2 rings (SSSR count). The highest BCUT2D eigenvalue weighted by molar-refractivity contribution is 5.87. The molecular formula is C32H58O4. The van der Waals surface area contributed by atoms with Crippen LogP contribution in [0.15, 0.2) is 12.2 Å². The third kappa shape index (κ3) is 13.1. The molecule has 0 aliphatic heterocycles. The molecular weight excluding hydrogens is 448 g/mol. The van der Waals surface area contributed by atoms with Crippen LogP contribution < -0.4 is 0 Å². The van der Waals surface area contributed by atoms with E-state index in [0.29, 0.717) is 13.2 Å². The predicted octanol–water partition coefficient (Wildman–Crippen LogP) is 8.26. The molecule has 0 spiro atoms. The molecule has 4 nitrogen and oxygen atoms in total. The van der Waals surface area contributed by atoms with Crippen LogP contribution in [0, 0.1) is 29.6 Å². The first kappa shape index (κ1) is 31.3. The van der Waals surface area contributed by atoms with Gasteiger partial charge in [-0.05, 0) is 36.5 Å². The second-order valence-corrected chi connectivity index (χ2v) is 12.2. The van der Waals surface area contributed by atoms with Gasteiger partial charge >= 0.3 is 5.97 Å². The fourth-order valence-corrected chi connectivity index (χ4v) is 6.63. The molecule has 0 bridgehead atoms. The van der Waals surface area contributed by atoms with E-state index in [1.807, 2.05) is 0 Å². The molecule has 2 saturated carbocycles. The van der Waals surface area contributed by atoms with Crippen LogP contribution in [0.5, 0.6) is 0 Å². The third-order valence-electron chi connectivity index (χ3n) is 9.19. The summed E-state index contributed by atoms with van der Waals surface area (Å²) < 4.78 is 10.7. The number of unbranched alkanes of at least 4 members (excludes halogenated alkanes) is 4. The van der Waals surface area contributed by atoms with Crippen LogP contribution in [0.25, 0.3) is 0 Å². The number of hydrogen-bond acceptors (Lipinski definition) is 4. The summed E-state index contributed by atoms with van der Waals surface area (Å²) in [4.78, 5) is 11.8. The minimum absolute atomic E-state index is 0.116. The van der Waals surface area contributed by atoms with Crippen LogP contribution in [0.4, 0.5) is 0 Å². The van der Waals surface area contributed by atoms with Crippen LogP contribution in [-0.2, 0) is 14.3 Å². The Labute approximate surface area is 223 Å². The van der Waals surface area contributed by atoms with Gasteiger partial charge in [-0.15, -0.1) is 0 Å². The van der Waals surface area contributed by atoms with E-state index in [4.69, 9.17) is 14.6 Å². The number of hydrogen-bond donors (Lipinski definition) is 1. The van der Waals surface area contributed by atoms with Crippen molar-refractivity contribution in [1.29, 1.82) is 0 Å². The van der Waals surface area contributed by atoms with Crippen molar-refractivity contribution in [2.24, 2.45) is 29.6 Å². The van der Waals surface area contributed by atoms with Crippen molar-refractivity contribution in [2.45, 2.75) is 129 Å². The molecule has 1 atom stereocenters. The summed E-state index contributed by atoms with van der Waals surface area (Å²) in [5.74, 6) is 3.55. The molecule has 2 aliphatic rings. The SMILES string of the molecule is C=C(CO)C(=O)OCC(CCC1CCC(CCCCCC2CCC(CCCCC)CC2)CC1)COC. The van der Waals surface area contributed by atoms with Gasteiger partial charge in [-0.2, -0.15) is 0 Å². The summed E-state index contributed by atoms with van der Waals surface area (Å²) in [7, 11) is 1.70. The van der Waals surface area contributed by atoms with Gasteiger partial charge in [0.1, 0.15) is 0 Å². The number of rotatable bonds is 19. The number of carbonyl (C=O) groups excluding carboxylic acids is 1. The van der Waals surface area contributed by atoms with E-state index in [-0.39, 0.29) is 18.1 Å². The Bertz CT molecular complexity index is 573. The molecule has 0 aromatic carbocycles. The lowest BCUT2D eigenvalue weighted by Crippen LogP contribution is -2.22. The maximum absolute atomic E-state index is 11.8. The van der Waals surface area contributed by atoms with Gasteiger partial charge in [0, 0.05) is 13.0 Å². The molecule has 0 heterocycles. The van der Waals surface area contributed by atoms with Crippen molar-refractivity contribution >= 4 is 5.97 Å². The van der Waals surface area contributed by atoms with Gasteiger partial charge in [-0.3, -0.25) is 0 Å². The first-order valence-electron chi connectivity index (χ1n) is 15.5. The van der Waals surface area contributed by atoms with Gasteiger partial charge in [0.05, 0.1) is 25.4 Å². The van der Waals surface area contributed by atoms with E-state index >= 15 is 0 Å². The van der Waals surface area contributed by atoms with E-state index < -0.39 is 5.97 Å². The van der Waals surface area contributed by atoms with Gasteiger partial charge in [0.15, 0.2) is 0 Å². The first-order valence-corrected chi connectivity index (χ1v) is 15.5. The average molecular weight is 507 g/mol. The minimum Gasteiger partial charge on any atom is -0.462 e. The molecule has 0 amide bonds. The molecule has 1 unspecified atom stereocenters. The normalized spacial score (nSPS) is 25.4. The lowest BCUT2D eigenvalue weighted by atomic mass is 9.76. The van der Waals surface area contributed by atoms with Gasteiger partial charge in [0.2, 0.25) is 0 Å². The highest BCUT2D eigenvalue weighted by atomic mass is 16.5. The van der Waals surface area contributed by atoms with Crippen LogP contribution >= 0.6 is 0 Å². The third-order valence-corrected chi connectivity index (χ3v) is 9.19. The van der Waals surface area contributed by atoms with Crippen LogP contribution in [-0.4, -0.2) is 38.0 Å². The molecule has 2 fully saturated rings. The molecule has 0 aromatic heterocycles. The Balaban J connectivity index is 1.48. The molecule has 210 valence electrons.